The zero-order chi connectivity index (χ0) is 14.4. The van der Waals surface area contributed by atoms with Gasteiger partial charge in [0, 0.05) is 19.1 Å². The third-order valence-electron chi connectivity index (χ3n) is 3.91. The van der Waals surface area contributed by atoms with Gasteiger partial charge in [0.2, 0.25) is 0 Å². The van der Waals surface area contributed by atoms with Crippen LogP contribution in [0.3, 0.4) is 0 Å². The molecule has 2 rings (SSSR count). The molecule has 21 heavy (non-hydrogen) atoms. The normalized spacial score (nSPS) is 21.9. The maximum Gasteiger partial charge on any atom is 0.161 e. The van der Waals surface area contributed by atoms with Crippen LogP contribution in [0.4, 0.5) is 0 Å². The van der Waals surface area contributed by atoms with Crippen LogP contribution < -0.4 is 15.2 Å². The summed E-state index contributed by atoms with van der Waals surface area (Å²) in [5.74, 6) is 2.29. The molecule has 1 aromatic rings. The standard InChI is InChI=1S/C16H26N2O2.ClH/c1-3-19-15-6-4-5-7-16(15)20-9-8-18-12-14(11-17)10-13(18)2;/h4-7,13-14H,3,8-12,17H2,1-2H3;1H. The number of benzene rings is 1. The van der Waals surface area contributed by atoms with Crippen LogP contribution in [0.5, 0.6) is 11.5 Å². The van der Waals surface area contributed by atoms with Crippen LogP contribution >= 0.6 is 12.4 Å². The summed E-state index contributed by atoms with van der Waals surface area (Å²) in [6, 6.07) is 8.45. The predicted molar refractivity (Wildman–Crippen MR) is 88.6 cm³/mol. The summed E-state index contributed by atoms with van der Waals surface area (Å²) in [4.78, 5) is 2.46. The lowest BCUT2D eigenvalue weighted by Gasteiger charge is -2.21. The van der Waals surface area contributed by atoms with Gasteiger partial charge in [0.25, 0.3) is 0 Å². The van der Waals surface area contributed by atoms with E-state index in [1.807, 2.05) is 31.2 Å². The monoisotopic (exact) mass is 314 g/mol. The lowest BCUT2D eigenvalue weighted by molar-refractivity contribution is 0.196. The van der Waals surface area contributed by atoms with Crippen LogP contribution in [0, 0.1) is 5.92 Å². The van der Waals surface area contributed by atoms with Gasteiger partial charge in [0.1, 0.15) is 6.61 Å². The Kier molecular flexibility index (Phi) is 7.86. The summed E-state index contributed by atoms with van der Waals surface area (Å²) in [6.45, 7) is 8.41. The van der Waals surface area contributed by atoms with Crippen molar-refractivity contribution in [2.24, 2.45) is 11.7 Å². The predicted octanol–water partition coefficient (Wildman–Crippen LogP) is 2.56. The van der Waals surface area contributed by atoms with Gasteiger partial charge in [-0.05, 0) is 44.9 Å². The van der Waals surface area contributed by atoms with Gasteiger partial charge in [-0.1, -0.05) is 12.1 Å². The van der Waals surface area contributed by atoms with E-state index < -0.39 is 0 Å². The summed E-state index contributed by atoms with van der Waals surface area (Å²) >= 11 is 0. The molecule has 2 N–H and O–H groups in total. The number of rotatable bonds is 7. The van der Waals surface area contributed by atoms with E-state index in [-0.39, 0.29) is 12.4 Å². The van der Waals surface area contributed by atoms with Crippen LogP contribution in [0.2, 0.25) is 0 Å². The maximum absolute atomic E-state index is 5.87. The van der Waals surface area contributed by atoms with E-state index in [4.69, 9.17) is 15.2 Å². The van der Waals surface area contributed by atoms with Crippen molar-refractivity contribution in [2.45, 2.75) is 26.3 Å². The van der Waals surface area contributed by atoms with E-state index in [0.29, 0.717) is 25.2 Å². The molecule has 0 spiro atoms. The fourth-order valence-corrected chi connectivity index (χ4v) is 2.82. The second-order valence-corrected chi connectivity index (χ2v) is 5.41. The number of hydrogen-bond acceptors (Lipinski definition) is 4. The first kappa shape index (κ1) is 18.1. The first-order valence-corrected chi connectivity index (χ1v) is 7.53. The van der Waals surface area contributed by atoms with Crippen LogP contribution in [-0.2, 0) is 0 Å². The minimum absolute atomic E-state index is 0. The minimum atomic E-state index is 0. The highest BCUT2D eigenvalue weighted by Gasteiger charge is 2.27. The van der Waals surface area contributed by atoms with E-state index in [0.717, 1.165) is 31.1 Å². The lowest BCUT2D eigenvalue weighted by Crippen LogP contribution is -2.32. The largest absolute Gasteiger partial charge is 0.490 e. The zero-order valence-electron chi connectivity index (χ0n) is 13.0. The van der Waals surface area contributed by atoms with Gasteiger partial charge in [0.05, 0.1) is 6.61 Å². The molecule has 1 aliphatic rings. The molecule has 1 saturated heterocycles. The summed E-state index contributed by atoms with van der Waals surface area (Å²) in [7, 11) is 0. The Morgan fingerprint density at radius 1 is 1.24 bits per heavy atom. The number of hydrogen-bond donors (Lipinski definition) is 1. The Morgan fingerprint density at radius 3 is 2.48 bits per heavy atom. The van der Waals surface area contributed by atoms with E-state index >= 15 is 0 Å². The molecular formula is C16H27ClN2O2. The van der Waals surface area contributed by atoms with E-state index in [1.54, 1.807) is 0 Å². The molecule has 0 saturated carbocycles. The summed E-state index contributed by atoms with van der Waals surface area (Å²) in [6.07, 6.45) is 1.20. The highest BCUT2D eigenvalue weighted by molar-refractivity contribution is 5.85. The molecule has 1 heterocycles. The number of ether oxygens (including phenoxy) is 2. The molecule has 5 heteroatoms. The van der Waals surface area contributed by atoms with E-state index in [2.05, 4.69) is 11.8 Å². The summed E-state index contributed by atoms with van der Waals surface area (Å²) in [5, 5.41) is 0. The molecule has 0 aliphatic carbocycles. The number of nitrogens with two attached hydrogens (primary N) is 1. The highest BCUT2D eigenvalue weighted by Crippen LogP contribution is 2.27. The molecule has 4 nitrogen and oxygen atoms in total. The lowest BCUT2D eigenvalue weighted by atomic mass is 10.1. The summed E-state index contributed by atoms with van der Waals surface area (Å²) in [5.41, 5.74) is 5.76. The van der Waals surface area contributed by atoms with Crippen LogP contribution in [0.1, 0.15) is 20.3 Å². The second-order valence-electron chi connectivity index (χ2n) is 5.41. The molecule has 2 unspecified atom stereocenters. The van der Waals surface area contributed by atoms with Crippen molar-refractivity contribution in [2.75, 3.05) is 32.8 Å². The van der Waals surface area contributed by atoms with Crippen molar-refractivity contribution < 1.29 is 9.47 Å². The second kappa shape index (κ2) is 9.13. The van der Waals surface area contributed by atoms with Gasteiger partial charge in [-0.2, -0.15) is 0 Å². The Bertz CT molecular complexity index is 417. The van der Waals surface area contributed by atoms with Crippen LogP contribution in [0.25, 0.3) is 0 Å². The van der Waals surface area contributed by atoms with E-state index in [9.17, 15) is 0 Å². The fraction of sp³-hybridized carbons (Fsp3) is 0.625. The molecule has 0 amide bonds. The maximum atomic E-state index is 5.87. The molecule has 2 atom stereocenters. The first-order valence-electron chi connectivity index (χ1n) is 7.53. The Hall–Kier alpha value is -0.970. The molecule has 1 aliphatic heterocycles. The number of likely N-dealkylation sites (tertiary alicyclic amines) is 1. The van der Waals surface area contributed by atoms with Crippen molar-refractivity contribution in [1.29, 1.82) is 0 Å². The Balaban J connectivity index is 0.00000220. The van der Waals surface area contributed by atoms with Gasteiger partial charge in [-0.15, -0.1) is 12.4 Å². The zero-order valence-corrected chi connectivity index (χ0v) is 13.8. The number of para-hydroxylation sites is 2. The van der Waals surface area contributed by atoms with Gasteiger partial charge < -0.3 is 15.2 Å². The molecule has 0 aromatic heterocycles. The van der Waals surface area contributed by atoms with Crippen molar-refractivity contribution in [1.82, 2.24) is 4.90 Å². The van der Waals surface area contributed by atoms with Crippen molar-refractivity contribution >= 4 is 12.4 Å². The highest BCUT2D eigenvalue weighted by atomic mass is 35.5. The Labute approximate surface area is 134 Å². The molecule has 1 aromatic carbocycles. The molecule has 1 fully saturated rings. The third kappa shape index (κ3) is 5.06. The number of nitrogens with zero attached hydrogens (tertiary/aromatic N) is 1. The van der Waals surface area contributed by atoms with Gasteiger partial charge in [-0.25, -0.2) is 0 Å². The minimum Gasteiger partial charge on any atom is -0.490 e. The van der Waals surface area contributed by atoms with Crippen LogP contribution in [-0.4, -0.2) is 43.8 Å². The van der Waals surface area contributed by atoms with Gasteiger partial charge >= 0.3 is 0 Å². The van der Waals surface area contributed by atoms with Crippen LogP contribution in [0.15, 0.2) is 24.3 Å². The SMILES string of the molecule is CCOc1ccccc1OCCN1CC(CN)CC1C.Cl. The molecule has 0 bridgehead atoms. The molecular weight excluding hydrogens is 288 g/mol. The third-order valence-corrected chi connectivity index (χ3v) is 3.91. The average Bonchev–Trinajstić information content (AvgIpc) is 2.82. The van der Waals surface area contributed by atoms with Crippen molar-refractivity contribution in [3.63, 3.8) is 0 Å². The quantitative estimate of drug-likeness (QED) is 0.840. The topological polar surface area (TPSA) is 47.7 Å². The smallest absolute Gasteiger partial charge is 0.161 e. The number of halogens is 1. The fourth-order valence-electron chi connectivity index (χ4n) is 2.82. The first-order chi connectivity index (χ1) is 9.74. The van der Waals surface area contributed by atoms with Gasteiger partial charge in [0.15, 0.2) is 11.5 Å². The van der Waals surface area contributed by atoms with Gasteiger partial charge in [-0.3, -0.25) is 4.90 Å². The molecule has 120 valence electrons. The van der Waals surface area contributed by atoms with Crippen molar-refractivity contribution in [3.8, 4) is 11.5 Å². The summed E-state index contributed by atoms with van der Waals surface area (Å²) < 4.78 is 11.4. The average molecular weight is 315 g/mol. The Morgan fingerprint density at radius 2 is 1.90 bits per heavy atom. The van der Waals surface area contributed by atoms with Crippen molar-refractivity contribution in [3.05, 3.63) is 24.3 Å². The van der Waals surface area contributed by atoms with E-state index in [1.165, 1.54) is 6.42 Å². The molecule has 0 radical (unpaired) electrons.